The number of anilines is 1. The van der Waals surface area contributed by atoms with E-state index in [0.717, 1.165) is 24.3 Å². The summed E-state index contributed by atoms with van der Waals surface area (Å²) < 4.78 is 0. The molecular formula is C16H16N2S. The summed E-state index contributed by atoms with van der Waals surface area (Å²) in [6.07, 6.45) is 0. The molecule has 3 rings (SSSR count). The van der Waals surface area contributed by atoms with Gasteiger partial charge in [0.25, 0.3) is 0 Å². The average Bonchev–Trinajstić information content (AvgIpc) is 2.92. The molecule has 0 bridgehead atoms. The summed E-state index contributed by atoms with van der Waals surface area (Å²) in [5.41, 5.74) is 9.45. The van der Waals surface area contributed by atoms with Gasteiger partial charge in [0.05, 0.1) is 0 Å². The van der Waals surface area contributed by atoms with E-state index in [4.69, 9.17) is 5.73 Å². The minimum atomic E-state index is 0.798. The fourth-order valence-corrected chi connectivity index (χ4v) is 2.86. The van der Waals surface area contributed by atoms with Gasteiger partial charge < -0.3 is 11.1 Å². The van der Waals surface area contributed by atoms with Crippen LogP contribution in [-0.2, 0) is 13.1 Å². The quantitative estimate of drug-likeness (QED) is 0.707. The number of benzene rings is 2. The Morgan fingerprint density at radius 1 is 1.00 bits per heavy atom. The minimum absolute atomic E-state index is 0.798. The van der Waals surface area contributed by atoms with Crippen LogP contribution in [0.3, 0.4) is 0 Å². The number of nitrogens with two attached hydrogens (primary N) is 1. The second-order valence-corrected chi connectivity index (χ2v) is 5.41. The van der Waals surface area contributed by atoms with Crippen molar-refractivity contribution in [2.24, 2.45) is 0 Å². The van der Waals surface area contributed by atoms with Gasteiger partial charge in [0.2, 0.25) is 0 Å². The standard InChI is InChI=1S/C16H16N2S/c17-16-8-14-4-2-1-3-13(14)7-15(16)10-18-9-12-5-6-19-11-12/h1-8,11,18H,9-10,17H2. The molecule has 3 aromatic rings. The third kappa shape index (κ3) is 2.78. The van der Waals surface area contributed by atoms with E-state index in [9.17, 15) is 0 Å². The van der Waals surface area contributed by atoms with Crippen LogP contribution in [0.25, 0.3) is 10.8 Å². The van der Waals surface area contributed by atoms with Crippen LogP contribution >= 0.6 is 11.3 Å². The Kier molecular flexibility index (Phi) is 3.49. The Morgan fingerprint density at radius 3 is 2.53 bits per heavy atom. The van der Waals surface area contributed by atoms with E-state index in [2.05, 4.69) is 52.5 Å². The molecule has 0 spiro atoms. The van der Waals surface area contributed by atoms with E-state index < -0.39 is 0 Å². The molecule has 0 fully saturated rings. The average molecular weight is 268 g/mol. The van der Waals surface area contributed by atoms with Crippen molar-refractivity contribution >= 4 is 27.8 Å². The third-order valence-corrected chi connectivity index (χ3v) is 3.96. The molecule has 0 aliphatic rings. The number of nitrogens with one attached hydrogen (secondary N) is 1. The number of thiophene rings is 1. The molecule has 0 saturated heterocycles. The monoisotopic (exact) mass is 268 g/mol. The van der Waals surface area contributed by atoms with Crippen molar-refractivity contribution in [3.8, 4) is 0 Å². The van der Waals surface area contributed by atoms with Gasteiger partial charge in [0.15, 0.2) is 0 Å². The fourth-order valence-electron chi connectivity index (χ4n) is 2.19. The predicted octanol–water partition coefficient (Wildman–Crippen LogP) is 3.77. The molecule has 96 valence electrons. The van der Waals surface area contributed by atoms with E-state index in [1.54, 1.807) is 11.3 Å². The van der Waals surface area contributed by atoms with Gasteiger partial charge in [0, 0.05) is 18.8 Å². The molecule has 1 heterocycles. The van der Waals surface area contributed by atoms with E-state index in [1.807, 2.05) is 6.07 Å². The normalized spacial score (nSPS) is 10.9. The van der Waals surface area contributed by atoms with Gasteiger partial charge in [0.1, 0.15) is 0 Å². The molecule has 19 heavy (non-hydrogen) atoms. The van der Waals surface area contributed by atoms with Crippen LogP contribution in [0.2, 0.25) is 0 Å². The van der Waals surface area contributed by atoms with Gasteiger partial charge in [-0.3, -0.25) is 0 Å². The van der Waals surface area contributed by atoms with Crippen molar-refractivity contribution in [3.63, 3.8) is 0 Å². The lowest BCUT2D eigenvalue weighted by molar-refractivity contribution is 0.697. The summed E-state index contributed by atoms with van der Waals surface area (Å²) in [4.78, 5) is 0. The summed E-state index contributed by atoms with van der Waals surface area (Å²) in [5.74, 6) is 0. The Labute approximate surface area is 116 Å². The van der Waals surface area contributed by atoms with Crippen LogP contribution in [0.5, 0.6) is 0 Å². The Balaban J connectivity index is 1.75. The zero-order valence-corrected chi connectivity index (χ0v) is 11.4. The second-order valence-electron chi connectivity index (χ2n) is 4.63. The molecule has 2 aromatic carbocycles. The zero-order valence-electron chi connectivity index (χ0n) is 10.6. The van der Waals surface area contributed by atoms with Crippen LogP contribution in [0.4, 0.5) is 5.69 Å². The molecule has 0 radical (unpaired) electrons. The van der Waals surface area contributed by atoms with Crippen LogP contribution in [0, 0.1) is 0 Å². The lowest BCUT2D eigenvalue weighted by Crippen LogP contribution is -2.13. The molecule has 2 nitrogen and oxygen atoms in total. The van der Waals surface area contributed by atoms with Gasteiger partial charge >= 0.3 is 0 Å². The first-order valence-electron chi connectivity index (χ1n) is 6.32. The number of fused-ring (bicyclic) bond motifs is 1. The molecule has 0 unspecified atom stereocenters. The van der Waals surface area contributed by atoms with Crippen molar-refractivity contribution in [1.29, 1.82) is 0 Å². The highest BCUT2D eigenvalue weighted by Crippen LogP contribution is 2.21. The Hall–Kier alpha value is -1.84. The maximum atomic E-state index is 6.11. The van der Waals surface area contributed by atoms with E-state index in [-0.39, 0.29) is 0 Å². The van der Waals surface area contributed by atoms with Crippen LogP contribution < -0.4 is 11.1 Å². The molecule has 0 aliphatic carbocycles. The molecule has 0 atom stereocenters. The maximum Gasteiger partial charge on any atom is 0.0366 e. The topological polar surface area (TPSA) is 38.0 Å². The first kappa shape index (κ1) is 12.2. The lowest BCUT2D eigenvalue weighted by atomic mass is 10.1. The first-order valence-corrected chi connectivity index (χ1v) is 7.26. The molecule has 3 N–H and O–H groups in total. The van der Waals surface area contributed by atoms with Crippen molar-refractivity contribution in [3.05, 3.63) is 64.4 Å². The SMILES string of the molecule is Nc1cc2ccccc2cc1CNCc1ccsc1. The smallest absolute Gasteiger partial charge is 0.0366 e. The molecular weight excluding hydrogens is 252 g/mol. The summed E-state index contributed by atoms with van der Waals surface area (Å²) in [7, 11) is 0. The third-order valence-electron chi connectivity index (χ3n) is 3.23. The molecule has 0 amide bonds. The van der Waals surface area contributed by atoms with E-state index in [1.165, 1.54) is 16.3 Å². The Morgan fingerprint density at radius 2 is 1.79 bits per heavy atom. The predicted molar refractivity (Wildman–Crippen MR) is 83.2 cm³/mol. The molecule has 3 heteroatoms. The highest BCUT2D eigenvalue weighted by Gasteiger charge is 2.02. The molecule has 1 aromatic heterocycles. The summed E-state index contributed by atoms with van der Waals surface area (Å²) in [6.45, 7) is 1.68. The molecule has 0 saturated carbocycles. The summed E-state index contributed by atoms with van der Waals surface area (Å²) in [5, 5.41) is 10.1. The van der Waals surface area contributed by atoms with Crippen LogP contribution in [0.15, 0.2) is 53.2 Å². The number of nitrogen functional groups attached to an aromatic ring is 1. The number of hydrogen-bond donors (Lipinski definition) is 2. The van der Waals surface area contributed by atoms with Crippen molar-refractivity contribution < 1.29 is 0 Å². The van der Waals surface area contributed by atoms with Gasteiger partial charge in [-0.25, -0.2) is 0 Å². The highest BCUT2D eigenvalue weighted by atomic mass is 32.1. The maximum absolute atomic E-state index is 6.11. The minimum Gasteiger partial charge on any atom is -0.398 e. The van der Waals surface area contributed by atoms with Crippen molar-refractivity contribution in [2.75, 3.05) is 5.73 Å². The zero-order chi connectivity index (χ0) is 13.1. The summed E-state index contributed by atoms with van der Waals surface area (Å²) >= 11 is 1.73. The first-order chi connectivity index (χ1) is 9.33. The van der Waals surface area contributed by atoms with E-state index in [0.29, 0.717) is 0 Å². The van der Waals surface area contributed by atoms with Gasteiger partial charge in [-0.2, -0.15) is 11.3 Å². The van der Waals surface area contributed by atoms with E-state index >= 15 is 0 Å². The van der Waals surface area contributed by atoms with Gasteiger partial charge in [-0.1, -0.05) is 24.3 Å². The van der Waals surface area contributed by atoms with Gasteiger partial charge in [-0.15, -0.1) is 0 Å². The molecule has 0 aliphatic heterocycles. The fraction of sp³-hybridized carbons (Fsp3) is 0.125. The van der Waals surface area contributed by atoms with Crippen LogP contribution in [0.1, 0.15) is 11.1 Å². The van der Waals surface area contributed by atoms with Crippen molar-refractivity contribution in [1.82, 2.24) is 5.32 Å². The second kappa shape index (κ2) is 5.43. The number of hydrogen-bond acceptors (Lipinski definition) is 3. The largest absolute Gasteiger partial charge is 0.398 e. The van der Waals surface area contributed by atoms with Gasteiger partial charge in [-0.05, 0) is 50.9 Å². The Bertz CT molecular complexity index is 674. The number of rotatable bonds is 4. The van der Waals surface area contributed by atoms with Crippen molar-refractivity contribution in [2.45, 2.75) is 13.1 Å². The highest BCUT2D eigenvalue weighted by molar-refractivity contribution is 7.07. The van der Waals surface area contributed by atoms with Crippen LogP contribution in [-0.4, -0.2) is 0 Å². The lowest BCUT2D eigenvalue weighted by Gasteiger charge is -2.09. The summed E-state index contributed by atoms with van der Waals surface area (Å²) in [6, 6.07) is 14.7.